The number of halogens is 3. The van der Waals surface area contributed by atoms with Crippen molar-refractivity contribution in [3.8, 4) is 5.69 Å². The maximum atomic E-state index is 13.7. The van der Waals surface area contributed by atoms with Gasteiger partial charge in [0.2, 0.25) is 0 Å². The molecule has 0 aliphatic carbocycles. The lowest BCUT2D eigenvalue weighted by atomic mass is 10.1. The monoisotopic (exact) mass is 777 g/mol. The fourth-order valence-corrected chi connectivity index (χ4v) is 6.69. The standard InChI is InChI=1S/C21H24BrFN2O2Si.C13H22BrNOSi/c1-21(2,3)28(4,5)27-12-16-17(22)7-6-8-19(16)25-13-24-18-10-9-14(23)11-15(18)20(25)26;1-13(2,3)17(4,5)16-9-10-11(14)7-6-8-12(10)15/h6-11,13H,12H2,1-5H3;6-8H,9,15H2,1-5H3. The number of anilines is 1. The van der Waals surface area contributed by atoms with Crippen LogP contribution in [0.3, 0.4) is 0 Å². The van der Waals surface area contributed by atoms with E-state index < -0.39 is 22.5 Å². The summed E-state index contributed by atoms with van der Waals surface area (Å²) >= 11 is 7.11. The topological polar surface area (TPSA) is 79.4 Å². The summed E-state index contributed by atoms with van der Waals surface area (Å²) in [4.78, 5) is 17.3. The van der Waals surface area contributed by atoms with Gasteiger partial charge in [0.15, 0.2) is 16.6 Å². The SMILES string of the molecule is CC(C)(C)[Si](C)(C)OCc1c(Br)cccc1-n1cnc2ccc(F)cc2c1=O.CC(C)(C)[Si](C)(C)OCc1c(N)cccc1Br. The first-order valence-electron chi connectivity index (χ1n) is 14.9. The molecule has 4 aromatic rings. The molecular weight excluding hydrogens is 733 g/mol. The number of hydrogen-bond acceptors (Lipinski definition) is 5. The molecule has 1 aromatic heterocycles. The summed E-state index contributed by atoms with van der Waals surface area (Å²) in [5.74, 6) is -0.458. The van der Waals surface area contributed by atoms with Gasteiger partial charge in [-0.05, 0) is 78.7 Å². The molecule has 0 bridgehead atoms. The average Bonchev–Trinajstić information content (AvgIpc) is 2.92. The fraction of sp³-hybridized carbons (Fsp3) is 0.412. The molecule has 0 spiro atoms. The van der Waals surface area contributed by atoms with E-state index in [4.69, 9.17) is 14.6 Å². The van der Waals surface area contributed by atoms with E-state index in [1.54, 1.807) is 0 Å². The van der Waals surface area contributed by atoms with Crippen molar-refractivity contribution < 1.29 is 13.2 Å². The van der Waals surface area contributed by atoms with Crippen molar-refractivity contribution >= 4 is 65.1 Å². The zero-order valence-corrected chi connectivity index (χ0v) is 33.2. The van der Waals surface area contributed by atoms with Gasteiger partial charge in [0.05, 0.1) is 29.8 Å². The summed E-state index contributed by atoms with van der Waals surface area (Å²) in [5, 5.41) is 0.551. The lowest BCUT2D eigenvalue weighted by Gasteiger charge is -2.36. The third-order valence-electron chi connectivity index (χ3n) is 9.00. The molecule has 45 heavy (non-hydrogen) atoms. The van der Waals surface area contributed by atoms with Crippen LogP contribution in [0.5, 0.6) is 0 Å². The summed E-state index contributed by atoms with van der Waals surface area (Å²) in [6.07, 6.45) is 1.49. The molecule has 3 aromatic carbocycles. The second-order valence-corrected chi connectivity index (χ2v) is 25.6. The Morgan fingerprint density at radius 3 is 1.87 bits per heavy atom. The highest BCUT2D eigenvalue weighted by Gasteiger charge is 2.38. The van der Waals surface area contributed by atoms with Crippen molar-refractivity contribution in [3.63, 3.8) is 0 Å². The predicted molar refractivity (Wildman–Crippen MR) is 198 cm³/mol. The Morgan fingerprint density at radius 2 is 1.33 bits per heavy atom. The number of nitrogens with two attached hydrogens (primary N) is 1. The largest absolute Gasteiger partial charge is 0.412 e. The molecule has 0 saturated heterocycles. The van der Waals surface area contributed by atoms with Crippen LogP contribution >= 0.6 is 31.9 Å². The molecule has 0 atom stereocenters. The molecule has 0 amide bonds. The number of benzene rings is 3. The molecule has 0 radical (unpaired) electrons. The van der Waals surface area contributed by atoms with E-state index in [9.17, 15) is 9.18 Å². The van der Waals surface area contributed by atoms with Gasteiger partial charge >= 0.3 is 0 Å². The molecular formula is C34H46Br2FN3O3Si2. The van der Waals surface area contributed by atoms with Crippen molar-refractivity contribution in [2.75, 3.05) is 5.73 Å². The Balaban J connectivity index is 0.000000279. The van der Waals surface area contributed by atoms with Crippen LogP contribution in [0.1, 0.15) is 52.7 Å². The minimum Gasteiger partial charge on any atom is -0.412 e. The molecule has 4 rings (SSSR count). The van der Waals surface area contributed by atoms with E-state index >= 15 is 0 Å². The summed E-state index contributed by atoms with van der Waals surface area (Å²) in [6.45, 7) is 23.1. The van der Waals surface area contributed by atoms with Gasteiger partial charge in [-0.1, -0.05) is 85.5 Å². The Kier molecular flexibility index (Phi) is 11.9. The van der Waals surface area contributed by atoms with Gasteiger partial charge in [0, 0.05) is 25.8 Å². The third kappa shape index (κ3) is 9.01. The maximum Gasteiger partial charge on any atom is 0.265 e. The summed E-state index contributed by atoms with van der Waals surface area (Å²) in [5.41, 5.74) is 9.51. The number of rotatable bonds is 7. The van der Waals surface area contributed by atoms with E-state index in [-0.39, 0.29) is 21.0 Å². The van der Waals surface area contributed by atoms with Gasteiger partial charge in [-0.3, -0.25) is 9.36 Å². The average molecular weight is 780 g/mol. The lowest BCUT2D eigenvalue weighted by Crippen LogP contribution is -2.40. The summed E-state index contributed by atoms with van der Waals surface area (Å²) in [7, 11) is -3.68. The quantitative estimate of drug-likeness (QED) is 0.149. The Labute approximate surface area is 286 Å². The van der Waals surface area contributed by atoms with Crippen molar-refractivity contribution in [3.05, 3.63) is 97.2 Å². The second kappa shape index (κ2) is 14.3. The van der Waals surface area contributed by atoms with Gasteiger partial charge in [-0.15, -0.1) is 0 Å². The van der Waals surface area contributed by atoms with E-state index in [1.807, 2.05) is 36.4 Å². The number of aromatic nitrogens is 2. The van der Waals surface area contributed by atoms with Gasteiger partial charge in [0.25, 0.3) is 5.56 Å². The molecule has 0 aliphatic rings. The van der Waals surface area contributed by atoms with E-state index in [2.05, 4.69) is 105 Å². The van der Waals surface area contributed by atoms with Crippen molar-refractivity contribution in [2.45, 2.75) is 91.0 Å². The molecule has 11 heteroatoms. The van der Waals surface area contributed by atoms with E-state index in [0.717, 1.165) is 25.8 Å². The van der Waals surface area contributed by atoms with Crippen LogP contribution in [0.15, 0.2) is 74.7 Å². The first-order chi connectivity index (χ1) is 20.7. The number of nitrogen functional groups attached to an aromatic ring is 1. The zero-order chi connectivity index (χ0) is 34.0. The first kappa shape index (κ1) is 37.3. The molecule has 0 aliphatic heterocycles. The molecule has 6 nitrogen and oxygen atoms in total. The molecule has 1 heterocycles. The zero-order valence-electron chi connectivity index (χ0n) is 28.0. The second-order valence-electron chi connectivity index (χ2n) is 14.2. The smallest absolute Gasteiger partial charge is 0.265 e. The number of nitrogens with zero attached hydrogens (tertiary/aromatic N) is 2. The van der Waals surface area contributed by atoms with Gasteiger partial charge in [-0.25, -0.2) is 9.37 Å². The molecule has 244 valence electrons. The molecule has 0 saturated carbocycles. The Hall–Kier alpha value is -2.16. The van der Waals surface area contributed by atoms with Crippen LogP contribution < -0.4 is 11.3 Å². The molecule has 2 N–H and O–H groups in total. The number of fused-ring (bicyclic) bond motifs is 1. The van der Waals surface area contributed by atoms with E-state index in [1.165, 1.54) is 29.1 Å². The van der Waals surface area contributed by atoms with E-state index in [0.29, 0.717) is 24.4 Å². The van der Waals surface area contributed by atoms with Crippen LogP contribution in [0.4, 0.5) is 10.1 Å². The summed E-state index contributed by atoms with van der Waals surface area (Å²) in [6, 6.07) is 15.5. The van der Waals surface area contributed by atoms with Crippen molar-refractivity contribution in [1.29, 1.82) is 0 Å². The van der Waals surface area contributed by atoms with Gasteiger partial charge < -0.3 is 14.6 Å². The molecule has 0 unspecified atom stereocenters. The van der Waals surface area contributed by atoms with Gasteiger partial charge in [0.1, 0.15) is 12.1 Å². The van der Waals surface area contributed by atoms with Crippen LogP contribution in [0, 0.1) is 5.82 Å². The highest BCUT2D eigenvalue weighted by Crippen LogP contribution is 2.39. The predicted octanol–water partition coefficient (Wildman–Crippen LogP) is 10.4. The van der Waals surface area contributed by atoms with Gasteiger partial charge in [-0.2, -0.15) is 0 Å². The lowest BCUT2D eigenvalue weighted by molar-refractivity contribution is 0.275. The minimum absolute atomic E-state index is 0.0767. The van der Waals surface area contributed by atoms with Crippen LogP contribution in [0.25, 0.3) is 16.6 Å². The normalized spacial score (nSPS) is 12.6. The maximum absolute atomic E-state index is 13.7. The molecule has 0 fully saturated rings. The first-order valence-corrected chi connectivity index (χ1v) is 22.3. The third-order valence-corrected chi connectivity index (χ3v) is 19.4. The summed E-state index contributed by atoms with van der Waals surface area (Å²) < 4.78 is 29.5. The number of hydrogen-bond donors (Lipinski definition) is 1. The van der Waals surface area contributed by atoms with Crippen LogP contribution in [-0.2, 0) is 22.1 Å². The Bertz CT molecular complexity index is 1690. The Morgan fingerprint density at radius 1 is 0.822 bits per heavy atom. The van der Waals surface area contributed by atoms with Crippen molar-refractivity contribution in [2.24, 2.45) is 0 Å². The van der Waals surface area contributed by atoms with Crippen LogP contribution in [-0.4, -0.2) is 26.2 Å². The highest BCUT2D eigenvalue weighted by atomic mass is 79.9. The highest BCUT2D eigenvalue weighted by molar-refractivity contribution is 9.10. The van der Waals surface area contributed by atoms with Crippen molar-refractivity contribution in [1.82, 2.24) is 9.55 Å². The minimum atomic E-state index is -1.97. The van der Waals surface area contributed by atoms with Crippen LogP contribution in [0.2, 0.25) is 36.3 Å². The fourth-order valence-electron chi connectivity index (χ4n) is 3.85.